The fourth-order valence-electron chi connectivity index (χ4n) is 4.72. The third-order valence-electron chi connectivity index (χ3n) is 6.71. The Morgan fingerprint density at radius 1 is 1.19 bits per heavy atom. The van der Waals surface area contributed by atoms with Crippen LogP contribution in [0.4, 0.5) is 14.9 Å². The molecule has 5 rings (SSSR count). The van der Waals surface area contributed by atoms with Gasteiger partial charge >= 0.3 is 6.09 Å². The number of halogens is 1. The van der Waals surface area contributed by atoms with Crippen molar-refractivity contribution in [3.05, 3.63) is 59.2 Å². The molecule has 0 bridgehead atoms. The maximum Gasteiger partial charge on any atom is 0.414 e. The molecule has 2 aliphatic carbocycles. The second kappa shape index (κ2) is 7.02. The number of amides is 2. The molecular weight excluding hydrogens is 409 g/mol. The number of rotatable bonds is 3. The quantitative estimate of drug-likeness (QED) is 0.753. The van der Waals surface area contributed by atoms with Crippen molar-refractivity contribution in [2.45, 2.75) is 57.6 Å². The summed E-state index contributed by atoms with van der Waals surface area (Å²) in [6.45, 7) is 8.31. The summed E-state index contributed by atoms with van der Waals surface area (Å²) in [6.07, 6.45) is 1.45. The molecule has 7 heteroatoms. The Labute approximate surface area is 187 Å². The van der Waals surface area contributed by atoms with Crippen molar-refractivity contribution in [3.8, 4) is 0 Å². The highest BCUT2D eigenvalue weighted by molar-refractivity contribution is 5.95. The summed E-state index contributed by atoms with van der Waals surface area (Å²) >= 11 is 0. The van der Waals surface area contributed by atoms with Crippen LogP contribution in [0.15, 0.2) is 36.4 Å². The fraction of sp³-hybridized carbons (Fsp3) is 0.480. The van der Waals surface area contributed by atoms with E-state index in [0.717, 1.165) is 29.9 Å². The number of hydrogen-bond acceptors (Lipinski definition) is 4. The summed E-state index contributed by atoms with van der Waals surface area (Å²) in [5.41, 5.74) is 1.84. The number of fused-ring (bicyclic) bond motifs is 3. The Kier molecular flexibility index (Phi) is 4.59. The zero-order chi connectivity index (χ0) is 22.8. The van der Waals surface area contributed by atoms with Crippen molar-refractivity contribution in [1.29, 1.82) is 0 Å². The number of nitrogens with one attached hydrogen (secondary N) is 1. The first-order chi connectivity index (χ1) is 15.1. The number of carbonyl (C=O) groups is 2. The van der Waals surface area contributed by atoms with Gasteiger partial charge in [-0.2, -0.15) is 0 Å². The van der Waals surface area contributed by atoms with Crippen LogP contribution in [0.25, 0.3) is 0 Å². The molecule has 1 aliphatic heterocycles. The van der Waals surface area contributed by atoms with Crippen molar-refractivity contribution < 1.29 is 18.7 Å². The monoisotopic (exact) mass is 437 g/mol. The van der Waals surface area contributed by atoms with Crippen LogP contribution < -0.4 is 10.2 Å². The lowest BCUT2D eigenvalue weighted by molar-refractivity contribution is 0.0576. The minimum absolute atomic E-state index is 0.234. The average Bonchev–Trinajstić information content (AvgIpc) is 3.62. The number of aromatic nitrogens is 1. The molecule has 1 aromatic carbocycles. The molecule has 2 unspecified atom stereocenters. The van der Waals surface area contributed by atoms with E-state index in [-0.39, 0.29) is 23.7 Å². The van der Waals surface area contributed by atoms with Crippen LogP contribution in [0, 0.1) is 17.7 Å². The van der Waals surface area contributed by atoms with Gasteiger partial charge in [0.25, 0.3) is 5.91 Å². The van der Waals surface area contributed by atoms with Gasteiger partial charge in [-0.05, 0) is 81.8 Å². The number of ether oxygens (including phenoxy) is 1. The van der Waals surface area contributed by atoms with Crippen LogP contribution in [0.1, 0.15) is 68.2 Å². The van der Waals surface area contributed by atoms with Crippen LogP contribution in [-0.2, 0) is 10.3 Å². The number of carbonyl (C=O) groups excluding carboxylic acids is 2. The zero-order valence-corrected chi connectivity index (χ0v) is 18.8. The van der Waals surface area contributed by atoms with Crippen LogP contribution in [0.5, 0.6) is 0 Å². The number of nitrogens with zero attached hydrogens (tertiary/aromatic N) is 2. The second-order valence-corrected chi connectivity index (χ2v) is 10.3. The summed E-state index contributed by atoms with van der Waals surface area (Å²) in [5.74, 6) is 0.370. The standard InChI is InChI=1S/C25H28FN3O3/c1-14-12-25(14,28-22(30)15-5-7-17(26)8-6-15)20-10-9-19-21(27-20)18-11-16(18)13-29(19)23(31)32-24(2,3)4/h5-10,14,16,18H,11-13H2,1-4H3,(H,28,30)/t14-,16?,18?,25-/m1/s1. The third-order valence-corrected chi connectivity index (χ3v) is 6.71. The van der Waals surface area contributed by atoms with Gasteiger partial charge in [-0.1, -0.05) is 6.92 Å². The van der Waals surface area contributed by atoms with Gasteiger partial charge in [0, 0.05) is 18.0 Å². The third kappa shape index (κ3) is 3.63. The van der Waals surface area contributed by atoms with Gasteiger partial charge in [-0.15, -0.1) is 0 Å². The topological polar surface area (TPSA) is 71.5 Å². The number of benzene rings is 1. The zero-order valence-electron chi connectivity index (χ0n) is 18.8. The van der Waals surface area contributed by atoms with Crippen molar-refractivity contribution in [2.24, 2.45) is 11.8 Å². The van der Waals surface area contributed by atoms with Gasteiger partial charge in [-0.25, -0.2) is 9.18 Å². The lowest BCUT2D eigenvalue weighted by atomic mass is 10.0. The Bertz CT molecular complexity index is 1090. The van der Waals surface area contributed by atoms with E-state index in [0.29, 0.717) is 23.9 Å². The molecule has 2 fully saturated rings. The molecule has 0 radical (unpaired) electrons. The van der Waals surface area contributed by atoms with Gasteiger partial charge < -0.3 is 10.1 Å². The molecule has 32 heavy (non-hydrogen) atoms. The maximum absolute atomic E-state index is 13.2. The summed E-state index contributed by atoms with van der Waals surface area (Å²) in [5, 5.41) is 3.14. The van der Waals surface area contributed by atoms with E-state index in [4.69, 9.17) is 9.72 Å². The van der Waals surface area contributed by atoms with E-state index in [1.807, 2.05) is 32.9 Å². The maximum atomic E-state index is 13.2. The first kappa shape index (κ1) is 20.9. The fourth-order valence-corrected chi connectivity index (χ4v) is 4.72. The van der Waals surface area contributed by atoms with Crippen LogP contribution in [0.2, 0.25) is 0 Å². The van der Waals surface area contributed by atoms with Crippen molar-refractivity contribution in [1.82, 2.24) is 10.3 Å². The van der Waals surface area contributed by atoms with Crippen LogP contribution in [0.3, 0.4) is 0 Å². The molecule has 1 N–H and O–H groups in total. The predicted molar refractivity (Wildman–Crippen MR) is 118 cm³/mol. The Balaban J connectivity index is 1.43. The molecule has 2 amide bonds. The van der Waals surface area contributed by atoms with Crippen LogP contribution in [-0.4, -0.2) is 29.1 Å². The minimum atomic E-state index is -0.566. The molecule has 2 saturated carbocycles. The SMILES string of the molecule is C[C@@H]1C[C@]1(NC(=O)c1ccc(F)cc1)c1ccc2c(n1)C1CC1CN2C(=O)OC(C)(C)C. The van der Waals surface area contributed by atoms with Gasteiger partial charge in [-0.3, -0.25) is 14.7 Å². The highest BCUT2D eigenvalue weighted by Crippen LogP contribution is 2.56. The van der Waals surface area contributed by atoms with E-state index in [1.54, 1.807) is 4.90 Å². The van der Waals surface area contributed by atoms with Gasteiger partial charge in [0.05, 0.1) is 22.6 Å². The highest BCUT2D eigenvalue weighted by atomic mass is 19.1. The van der Waals surface area contributed by atoms with E-state index in [2.05, 4.69) is 12.2 Å². The number of hydrogen-bond donors (Lipinski definition) is 1. The van der Waals surface area contributed by atoms with Crippen molar-refractivity contribution in [2.75, 3.05) is 11.4 Å². The lowest BCUT2D eigenvalue weighted by Crippen LogP contribution is -2.41. The highest BCUT2D eigenvalue weighted by Gasteiger charge is 2.56. The largest absolute Gasteiger partial charge is 0.443 e. The molecule has 1 aromatic heterocycles. The first-order valence-electron chi connectivity index (χ1n) is 11.2. The summed E-state index contributed by atoms with van der Waals surface area (Å²) in [4.78, 5) is 32.3. The number of pyridine rings is 1. The summed E-state index contributed by atoms with van der Waals surface area (Å²) in [6, 6.07) is 9.39. The first-order valence-corrected chi connectivity index (χ1v) is 11.2. The van der Waals surface area contributed by atoms with Gasteiger partial charge in [0.1, 0.15) is 11.4 Å². The normalized spacial score (nSPS) is 27.8. The Morgan fingerprint density at radius 2 is 1.88 bits per heavy atom. The van der Waals surface area contributed by atoms with E-state index < -0.39 is 11.1 Å². The Morgan fingerprint density at radius 3 is 2.50 bits per heavy atom. The Hall–Kier alpha value is -2.96. The molecular formula is C25H28FN3O3. The minimum Gasteiger partial charge on any atom is -0.443 e. The average molecular weight is 438 g/mol. The molecule has 6 nitrogen and oxygen atoms in total. The van der Waals surface area contributed by atoms with Gasteiger partial charge in [0.15, 0.2) is 0 Å². The summed E-state index contributed by atoms with van der Waals surface area (Å²) in [7, 11) is 0. The van der Waals surface area contributed by atoms with Crippen LogP contribution >= 0.6 is 0 Å². The molecule has 4 atom stereocenters. The number of anilines is 1. The van der Waals surface area contributed by atoms with Gasteiger partial charge in [0.2, 0.25) is 0 Å². The van der Waals surface area contributed by atoms with E-state index in [1.165, 1.54) is 24.3 Å². The molecule has 3 aliphatic rings. The van der Waals surface area contributed by atoms with E-state index >= 15 is 0 Å². The lowest BCUT2D eigenvalue weighted by Gasteiger charge is -2.31. The summed E-state index contributed by atoms with van der Waals surface area (Å²) < 4.78 is 18.8. The smallest absolute Gasteiger partial charge is 0.414 e. The molecule has 168 valence electrons. The van der Waals surface area contributed by atoms with Crippen molar-refractivity contribution in [3.63, 3.8) is 0 Å². The van der Waals surface area contributed by atoms with Crippen molar-refractivity contribution >= 4 is 17.7 Å². The predicted octanol–water partition coefficient (Wildman–Crippen LogP) is 4.74. The molecule has 2 heterocycles. The molecule has 2 aromatic rings. The van der Waals surface area contributed by atoms with E-state index in [9.17, 15) is 14.0 Å². The molecule has 0 saturated heterocycles. The second-order valence-electron chi connectivity index (χ2n) is 10.3. The molecule has 0 spiro atoms.